The molecule has 1 aromatic carbocycles. The largest absolute Gasteiger partial charge is 0.417 e. The fourth-order valence-electron chi connectivity index (χ4n) is 3.77. The number of alkyl halides is 3. The summed E-state index contributed by atoms with van der Waals surface area (Å²) in [7, 11) is 0. The number of allylic oxidation sites excluding steroid dienone is 1. The molecule has 0 unspecified atom stereocenters. The van der Waals surface area contributed by atoms with E-state index >= 15 is 0 Å². The molecular weight excluding hydrogens is 505 g/mol. The van der Waals surface area contributed by atoms with E-state index in [4.69, 9.17) is 0 Å². The molecule has 2 N–H and O–H groups in total. The van der Waals surface area contributed by atoms with E-state index in [2.05, 4.69) is 37.3 Å². The molecule has 38 heavy (non-hydrogen) atoms. The first-order valence-corrected chi connectivity index (χ1v) is 11.1. The standard InChI is InChI=1S/C26H18F5N7/c1-15(36-19-8-18(12-32-13-19)26(29,30)31)6-16-7-22(28)20(9-21(16)27)17-10-33-25(34-11-17)37-23-14-35-38-5-3-2-4-24(23)38/h2-5,7-14,36H,1,6H2,(H,33,34,37). The van der Waals surface area contributed by atoms with Gasteiger partial charge in [-0.05, 0) is 35.9 Å². The third kappa shape index (κ3) is 5.28. The van der Waals surface area contributed by atoms with Crippen LogP contribution in [0.5, 0.6) is 0 Å². The van der Waals surface area contributed by atoms with Gasteiger partial charge in [0.25, 0.3) is 0 Å². The number of nitrogens with one attached hydrogen (secondary N) is 2. The average Bonchev–Trinajstić information content (AvgIpc) is 3.29. The van der Waals surface area contributed by atoms with E-state index in [-0.39, 0.29) is 40.4 Å². The van der Waals surface area contributed by atoms with Crippen molar-refractivity contribution < 1.29 is 22.0 Å². The number of benzene rings is 1. The number of hydrogen-bond donors (Lipinski definition) is 2. The highest BCUT2D eigenvalue weighted by molar-refractivity contribution is 5.74. The predicted octanol–water partition coefficient (Wildman–Crippen LogP) is 6.40. The lowest BCUT2D eigenvalue weighted by Gasteiger charge is -2.13. The number of anilines is 3. The Morgan fingerprint density at radius 3 is 2.50 bits per heavy atom. The monoisotopic (exact) mass is 523 g/mol. The van der Waals surface area contributed by atoms with Crippen LogP contribution in [-0.2, 0) is 12.6 Å². The molecule has 0 atom stereocenters. The zero-order chi connectivity index (χ0) is 26.9. The van der Waals surface area contributed by atoms with Crippen molar-refractivity contribution in [3.8, 4) is 11.1 Å². The highest BCUT2D eigenvalue weighted by atomic mass is 19.4. The first kappa shape index (κ1) is 24.8. The minimum atomic E-state index is -4.57. The van der Waals surface area contributed by atoms with E-state index in [0.29, 0.717) is 11.9 Å². The van der Waals surface area contributed by atoms with Crippen molar-refractivity contribution in [2.45, 2.75) is 12.6 Å². The van der Waals surface area contributed by atoms with Crippen molar-refractivity contribution in [2.75, 3.05) is 10.6 Å². The van der Waals surface area contributed by atoms with Gasteiger partial charge in [0.15, 0.2) is 0 Å². The second kappa shape index (κ2) is 9.88. The maximum absolute atomic E-state index is 14.9. The lowest BCUT2D eigenvalue weighted by molar-refractivity contribution is -0.137. The van der Waals surface area contributed by atoms with Crippen LogP contribution in [0.2, 0.25) is 0 Å². The van der Waals surface area contributed by atoms with E-state index in [0.717, 1.165) is 23.7 Å². The summed E-state index contributed by atoms with van der Waals surface area (Å²) in [6, 6.07) is 8.44. The minimum Gasteiger partial charge on any atom is -0.358 e. The summed E-state index contributed by atoms with van der Waals surface area (Å²) in [6.07, 6.45) is 3.26. The molecule has 192 valence electrons. The quantitative estimate of drug-likeness (QED) is 0.241. The number of hydrogen-bond acceptors (Lipinski definition) is 6. The Morgan fingerprint density at radius 1 is 0.947 bits per heavy atom. The maximum Gasteiger partial charge on any atom is 0.417 e. The molecule has 0 saturated carbocycles. The van der Waals surface area contributed by atoms with Crippen LogP contribution in [0.3, 0.4) is 0 Å². The second-order valence-corrected chi connectivity index (χ2v) is 8.30. The Bertz CT molecular complexity index is 1630. The van der Waals surface area contributed by atoms with E-state index in [1.54, 1.807) is 16.9 Å². The molecule has 0 amide bonds. The van der Waals surface area contributed by atoms with Gasteiger partial charge >= 0.3 is 6.18 Å². The Balaban J connectivity index is 1.29. The van der Waals surface area contributed by atoms with Crippen LogP contribution in [0.25, 0.3) is 16.6 Å². The molecule has 0 bridgehead atoms. The molecule has 0 radical (unpaired) electrons. The predicted molar refractivity (Wildman–Crippen MR) is 132 cm³/mol. The third-order valence-electron chi connectivity index (χ3n) is 5.56. The van der Waals surface area contributed by atoms with Gasteiger partial charge in [0, 0.05) is 48.0 Å². The van der Waals surface area contributed by atoms with Crippen molar-refractivity contribution in [1.29, 1.82) is 0 Å². The molecule has 7 nitrogen and oxygen atoms in total. The van der Waals surface area contributed by atoms with E-state index in [1.165, 1.54) is 18.6 Å². The van der Waals surface area contributed by atoms with E-state index < -0.39 is 23.4 Å². The second-order valence-electron chi connectivity index (χ2n) is 8.30. The van der Waals surface area contributed by atoms with Crippen LogP contribution in [0.4, 0.5) is 39.3 Å². The SMILES string of the molecule is C=C(Cc1cc(F)c(-c2cnc(Nc3cnn4ccccc34)nc2)cc1F)Nc1cncc(C(F)(F)F)c1. The summed E-state index contributed by atoms with van der Waals surface area (Å²) < 4.78 is 70.1. The van der Waals surface area contributed by atoms with E-state index in [9.17, 15) is 22.0 Å². The van der Waals surface area contributed by atoms with Crippen LogP contribution in [0.1, 0.15) is 11.1 Å². The van der Waals surface area contributed by atoms with Crippen LogP contribution in [-0.4, -0.2) is 24.6 Å². The fourth-order valence-corrected chi connectivity index (χ4v) is 3.77. The molecule has 5 aromatic rings. The van der Waals surface area contributed by atoms with Gasteiger partial charge in [-0.1, -0.05) is 12.6 Å². The van der Waals surface area contributed by atoms with Crippen molar-refractivity contribution in [2.24, 2.45) is 0 Å². The smallest absolute Gasteiger partial charge is 0.358 e. The minimum absolute atomic E-state index is 0.0253. The number of aromatic nitrogens is 5. The van der Waals surface area contributed by atoms with Crippen molar-refractivity contribution in [3.63, 3.8) is 0 Å². The summed E-state index contributed by atoms with van der Waals surface area (Å²) in [5.74, 6) is -1.20. The lowest BCUT2D eigenvalue weighted by Crippen LogP contribution is -2.08. The van der Waals surface area contributed by atoms with Crippen LogP contribution >= 0.6 is 0 Å². The highest BCUT2D eigenvalue weighted by Crippen LogP contribution is 2.31. The summed E-state index contributed by atoms with van der Waals surface area (Å²) in [5.41, 5.74) is 0.898. The first-order chi connectivity index (χ1) is 18.2. The molecule has 5 rings (SSSR count). The Labute approximate surface area is 212 Å². The molecule has 0 aliphatic carbocycles. The molecule has 0 saturated heterocycles. The summed E-state index contributed by atoms with van der Waals surface area (Å²) in [5, 5.41) is 9.90. The van der Waals surface area contributed by atoms with Gasteiger partial charge in [0.05, 0.1) is 34.8 Å². The van der Waals surface area contributed by atoms with Gasteiger partial charge in [-0.3, -0.25) is 4.98 Å². The number of pyridine rings is 2. The Hall–Kier alpha value is -4.87. The Kier molecular flexibility index (Phi) is 6.45. The third-order valence-corrected chi connectivity index (χ3v) is 5.56. The topological polar surface area (TPSA) is 80.0 Å². The van der Waals surface area contributed by atoms with Gasteiger partial charge in [0.1, 0.15) is 11.6 Å². The summed E-state index contributed by atoms with van der Waals surface area (Å²) in [4.78, 5) is 11.9. The number of nitrogens with zero attached hydrogens (tertiary/aromatic N) is 5. The van der Waals surface area contributed by atoms with Gasteiger partial charge < -0.3 is 10.6 Å². The van der Waals surface area contributed by atoms with Gasteiger partial charge in [-0.2, -0.15) is 18.3 Å². The maximum atomic E-state index is 14.9. The van der Waals surface area contributed by atoms with Crippen LogP contribution in [0.15, 0.2) is 85.9 Å². The zero-order valence-electron chi connectivity index (χ0n) is 19.5. The normalized spacial score (nSPS) is 11.5. The molecular formula is C26H18F5N7. The zero-order valence-corrected chi connectivity index (χ0v) is 19.5. The molecule has 4 aromatic heterocycles. The summed E-state index contributed by atoms with van der Waals surface area (Å²) >= 11 is 0. The average molecular weight is 523 g/mol. The van der Waals surface area contributed by atoms with Crippen molar-refractivity contribution in [1.82, 2.24) is 24.6 Å². The van der Waals surface area contributed by atoms with E-state index in [1.807, 2.05) is 18.2 Å². The molecule has 0 aliphatic rings. The van der Waals surface area contributed by atoms with Crippen molar-refractivity contribution >= 4 is 22.8 Å². The van der Waals surface area contributed by atoms with Gasteiger partial charge in [-0.25, -0.2) is 23.3 Å². The number of rotatable bonds is 7. The summed E-state index contributed by atoms with van der Waals surface area (Å²) in [6.45, 7) is 3.71. The first-order valence-electron chi connectivity index (χ1n) is 11.1. The highest BCUT2D eigenvalue weighted by Gasteiger charge is 2.31. The molecule has 0 aliphatic heterocycles. The van der Waals surface area contributed by atoms with Crippen LogP contribution in [0, 0.1) is 11.6 Å². The van der Waals surface area contributed by atoms with Gasteiger partial charge in [0.2, 0.25) is 5.95 Å². The molecule has 0 fully saturated rings. The Morgan fingerprint density at radius 2 is 1.74 bits per heavy atom. The molecule has 0 spiro atoms. The fraction of sp³-hybridized carbons (Fsp3) is 0.0769. The number of fused-ring (bicyclic) bond motifs is 1. The molecule has 4 heterocycles. The lowest BCUT2D eigenvalue weighted by atomic mass is 10.0. The number of halogens is 5. The van der Waals surface area contributed by atoms with Crippen LogP contribution < -0.4 is 10.6 Å². The molecule has 12 heteroatoms. The van der Waals surface area contributed by atoms with Crippen molar-refractivity contribution in [3.05, 3.63) is 109 Å². The van der Waals surface area contributed by atoms with Gasteiger partial charge in [-0.15, -0.1) is 0 Å².